The molecule has 0 saturated heterocycles. The molecule has 0 aliphatic heterocycles. The molecule has 0 N–H and O–H groups in total. The number of Topliss-reactive ketones (excluding diaryl/α,β-unsaturated/α-hetero) is 1. The first-order valence-electron chi connectivity index (χ1n) is 8.76. The van der Waals surface area contributed by atoms with E-state index in [4.69, 9.17) is 4.74 Å². The molecule has 1 aliphatic rings. The molecule has 0 radical (unpaired) electrons. The van der Waals surface area contributed by atoms with E-state index in [0.29, 0.717) is 23.3 Å². The Morgan fingerprint density at radius 1 is 0.808 bits per heavy atom. The van der Waals surface area contributed by atoms with Gasteiger partial charge in [-0.1, -0.05) is 60.7 Å². The maximum atomic E-state index is 13.2. The Hall–Kier alpha value is -2.78. The first-order chi connectivity index (χ1) is 12.5. The first kappa shape index (κ1) is 18.0. The molecular weight excluding hydrogens is 324 g/mol. The normalized spacial score (nSPS) is 15.3. The van der Waals surface area contributed by atoms with Crippen LogP contribution in [0, 0.1) is 0 Å². The van der Waals surface area contributed by atoms with Gasteiger partial charge in [0.2, 0.25) is 0 Å². The number of allylic oxidation sites excluding steroid dienone is 3. The molecule has 2 aromatic carbocycles. The Labute approximate surface area is 154 Å². The maximum Gasteiger partial charge on any atom is 0.188 e. The van der Waals surface area contributed by atoms with Gasteiger partial charge in [0.25, 0.3) is 0 Å². The van der Waals surface area contributed by atoms with Crippen molar-refractivity contribution in [2.24, 2.45) is 0 Å². The summed E-state index contributed by atoms with van der Waals surface area (Å²) in [6.07, 6.45) is 1.44. The summed E-state index contributed by atoms with van der Waals surface area (Å²) in [4.78, 5) is 25.7. The topological polar surface area (TPSA) is 43.4 Å². The van der Waals surface area contributed by atoms with Crippen LogP contribution in [0.25, 0.3) is 0 Å². The molecule has 1 aliphatic carbocycles. The van der Waals surface area contributed by atoms with Gasteiger partial charge in [-0.15, -0.1) is 0 Å². The van der Waals surface area contributed by atoms with E-state index < -0.39 is 5.60 Å². The Morgan fingerprint density at radius 2 is 1.31 bits per heavy atom. The van der Waals surface area contributed by atoms with Gasteiger partial charge in [-0.2, -0.15) is 0 Å². The predicted octanol–water partition coefficient (Wildman–Crippen LogP) is 4.38. The molecule has 3 rings (SSSR count). The fourth-order valence-corrected chi connectivity index (χ4v) is 3.41. The number of hydrogen-bond donors (Lipinski definition) is 0. The Kier molecular flexibility index (Phi) is 5.01. The van der Waals surface area contributed by atoms with Crippen molar-refractivity contribution in [3.8, 4) is 0 Å². The Bertz CT molecular complexity index is 850. The molecule has 0 aromatic heterocycles. The zero-order chi connectivity index (χ0) is 18.7. The third-order valence-electron chi connectivity index (χ3n) is 4.89. The highest BCUT2D eigenvalue weighted by Crippen LogP contribution is 2.43. The van der Waals surface area contributed by atoms with Gasteiger partial charge in [-0.3, -0.25) is 9.59 Å². The first-order valence-corrected chi connectivity index (χ1v) is 8.76. The van der Waals surface area contributed by atoms with Crippen LogP contribution in [0.4, 0.5) is 0 Å². The van der Waals surface area contributed by atoms with E-state index in [1.54, 1.807) is 13.8 Å². The molecular formula is C23H22O3. The average molecular weight is 346 g/mol. The molecule has 0 atom stereocenters. The van der Waals surface area contributed by atoms with E-state index in [0.717, 1.165) is 11.1 Å². The summed E-state index contributed by atoms with van der Waals surface area (Å²) in [7, 11) is 0. The lowest BCUT2D eigenvalue weighted by Crippen LogP contribution is -2.39. The second-order valence-corrected chi connectivity index (χ2v) is 6.35. The van der Waals surface area contributed by atoms with Crippen molar-refractivity contribution < 1.29 is 14.3 Å². The molecule has 132 valence electrons. The average Bonchev–Trinajstić information content (AvgIpc) is 2.69. The fraction of sp³-hybridized carbons (Fsp3) is 0.217. The number of rotatable bonds is 5. The monoisotopic (exact) mass is 346 g/mol. The lowest BCUT2D eigenvalue weighted by molar-refractivity contribution is -0.118. The number of hydrogen-bond acceptors (Lipinski definition) is 3. The quantitative estimate of drug-likeness (QED) is 0.755. The smallest absolute Gasteiger partial charge is 0.188 e. The molecule has 0 amide bonds. The minimum Gasteiger partial charge on any atom is -0.361 e. The van der Waals surface area contributed by atoms with Crippen LogP contribution in [-0.4, -0.2) is 18.2 Å². The van der Waals surface area contributed by atoms with E-state index in [2.05, 4.69) is 0 Å². The standard InChI is InChI=1S/C23H22O3/c1-4-26-23(18-11-7-5-8-12-18,19-13-9-6-10-14-19)20-15-21(24)16(2)17(3)22(20)25/h5-15H,4H2,1-3H3. The summed E-state index contributed by atoms with van der Waals surface area (Å²) in [6, 6.07) is 19.2. The van der Waals surface area contributed by atoms with Gasteiger partial charge < -0.3 is 4.74 Å². The highest BCUT2D eigenvalue weighted by molar-refractivity contribution is 6.23. The third-order valence-corrected chi connectivity index (χ3v) is 4.89. The van der Waals surface area contributed by atoms with Crippen LogP contribution in [0.5, 0.6) is 0 Å². The summed E-state index contributed by atoms with van der Waals surface area (Å²) in [5.41, 5.74) is 1.87. The SMILES string of the molecule is CCOC(C1=CC(=O)C(C)=C(C)C1=O)(c1ccccc1)c1ccccc1. The molecule has 0 saturated carbocycles. The fourth-order valence-electron chi connectivity index (χ4n) is 3.41. The molecule has 0 unspecified atom stereocenters. The van der Waals surface area contributed by atoms with Gasteiger partial charge >= 0.3 is 0 Å². The molecule has 0 bridgehead atoms. The van der Waals surface area contributed by atoms with Crippen LogP contribution in [0.15, 0.2) is 83.5 Å². The number of carbonyl (C=O) groups excluding carboxylic acids is 2. The molecule has 0 spiro atoms. The Balaban J connectivity index is 2.33. The lowest BCUT2D eigenvalue weighted by atomic mass is 9.74. The highest BCUT2D eigenvalue weighted by atomic mass is 16.5. The number of ketones is 2. The minimum absolute atomic E-state index is 0.145. The van der Waals surface area contributed by atoms with Crippen molar-refractivity contribution in [3.63, 3.8) is 0 Å². The summed E-state index contributed by atoms with van der Waals surface area (Å²) in [5, 5.41) is 0. The van der Waals surface area contributed by atoms with Crippen molar-refractivity contribution in [1.82, 2.24) is 0 Å². The summed E-state index contributed by atoms with van der Waals surface area (Å²) < 4.78 is 6.28. The predicted molar refractivity (Wildman–Crippen MR) is 102 cm³/mol. The van der Waals surface area contributed by atoms with E-state index in [9.17, 15) is 9.59 Å². The molecule has 0 fully saturated rings. The van der Waals surface area contributed by atoms with Crippen molar-refractivity contribution >= 4 is 11.6 Å². The van der Waals surface area contributed by atoms with Crippen LogP contribution in [-0.2, 0) is 19.9 Å². The van der Waals surface area contributed by atoms with Crippen molar-refractivity contribution in [3.05, 3.63) is 94.6 Å². The zero-order valence-electron chi connectivity index (χ0n) is 15.3. The van der Waals surface area contributed by atoms with Gasteiger partial charge in [0.1, 0.15) is 5.60 Å². The van der Waals surface area contributed by atoms with E-state index >= 15 is 0 Å². The number of carbonyl (C=O) groups is 2. The van der Waals surface area contributed by atoms with E-state index in [1.165, 1.54) is 6.08 Å². The Morgan fingerprint density at radius 3 is 1.77 bits per heavy atom. The second-order valence-electron chi connectivity index (χ2n) is 6.35. The van der Waals surface area contributed by atoms with Crippen molar-refractivity contribution in [2.75, 3.05) is 6.61 Å². The maximum absolute atomic E-state index is 13.2. The van der Waals surface area contributed by atoms with Crippen molar-refractivity contribution in [1.29, 1.82) is 0 Å². The van der Waals surface area contributed by atoms with Crippen LogP contribution in [0.2, 0.25) is 0 Å². The zero-order valence-corrected chi connectivity index (χ0v) is 15.3. The molecule has 3 heteroatoms. The number of ether oxygens (including phenoxy) is 1. The summed E-state index contributed by atoms with van der Waals surface area (Å²) in [6.45, 7) is 5.68. The molecule has 0 heterocycles. The molecule has 3 nitrogen and oxygen atoms in total. The summed E-state index contributed by atoms with van der Waals surface area (Å²) in [5.74, 6) is -0.295. The van der Waals surface area contributed by atoms with Gasteiger partial charge in [0.15, 0.2) is 11.6 Å². The van der Waals surface area contributed by atoms with Crippen LogP contribution in [0.1, 0.15) is 31.9 Å². The highest BCUT2D eigenvalue weighted by Gasteiger charge is 2.44. The van der Waals surface area contributed by atoms with Crippen molar-refractivity contribution in [2.45, 2.75) is 26.4 Å². The van der Waals surface area contributed by atoms with Gasteiger partial charge in [-0.05, 0) is 38.0 Å². The van der Waals surface area contributed by atoms with Gasteiger partial charge in [0.05, 0.1) is 0 Å². The second kappa shape index (κ2) is 7.22. The van der Waals surface area contributed by atoms with E-state index in [-0.39, 0.29) is 11.6 Å². The third kappa shape index (κ3) is 2.85. The largest absolute Gasteiger partial charge is 0.361 e. The lowest BCUT2D eigenvalue weighted by Gasteiger charge is -2.37. The van der Waals surface area contributed by atoms with Gasteiger partial charge in [0, 0.05) is 23.3 Å². The van der Waals surface area contributed by atoms with Crippen LogP contribution in [0.3, 0.4) is 0 Å². The van der Waals surface area contributed by atoms with Crippen LogP contribution >= 0.6 is 0 Å². The molecule has 2 aromatic rings. The molecule has 26 heavy (non-hydrogen) atoms. The van der Waals surface area contributed by atoms with E-state index in [1.807, 2.05) is 67.6 Å². The van der Waals surface area contributed by atoms with Gasteiger partial charge in [-0.25, -0.2) is 0 Å². The van der Waals surface area contributed by atoms with Crippen LogP contribution < -0.4 is 0 Å². The summed E-state index contributed by atoms with van der Waals surface area (Å²) >= 11 is 0. The number of benzene rings is 2. The minimum atomic E-state index is -1.12.